The average molecular weight is 290 g/mol. The number of nitrogen functional groups attached to an aromatic ring is 1. The van der Waals surface area contributed by atoms with Crippen molar-refractivity contribution in [1.82, 2.24) is 9.97 Å². The molecule has 0 unspecified atom stereocenters. The molecule has 0 atom stereocenters. The van der Waals surface area contributed by atoms with Crippen LogP contribution in [0.5, 0.6) is 5.75 Å². The fourth-order valence-corrected chi connectivity index (χ4v) is 1.60. The Morgan fingerprint density at radius 1 is 1.11 bits per heavy atom. The molecule has 19 heavy (non-hydrogen) atoms. The number of hydrogen-bond acceptors (Lipinski definition) is 4. The number of ether oxygens (including phenoxy) is 1. The third kappa shape index (κ3) is 3.72. The number of hydrogen-bond donors (Lipinski definition) is 1. The smallest absolute Gasteiger partial charge is 0.406 e. The molecule has 0 aliphatic rings. The molecule has 100 valence electrons. The van der Waals surface area contributed by atoms with Gasteiger partial charge in [0.05, 0.1) is 5.69 Å². The molecule has 0 saturated carbocycles. The van der Waals surface area contributed by atoms with Crippen molar-refractivity contribution in [3.63, 3.8) is 0 Å². The summed E-state index contributed by atoms with van der Waals surface area (Å²) in [6.45, 7) is 0. The van der Waals surface area contributed by atoms with Crippen molar-refractivity contribution >= 4 is 17.5 Å². The van der Waals surface area contributed by atoms with Gasteiger partial charge >= 0.3 is 6.36 Å². The van der Waals surface area contributed by atoms with E-state index in [2.05, 4.69) is 14.7 Å². The second kappa shape index (κ2) is 4.93. The molecule has 0 saturated heterocycles. The van der Waals surface area contributed by atoms with Gasteiger partial charge in [0, 0.05) is 11.6 Å². The topological polar surface area (TPSA) is 61.0 Å². The number of halogens is 4. The summed E-state index contributed by atoms with van der Waals surface area (Å²) in [6.07, 6.45) is -4.72. The zero-order valence-corrected chi connectivity index (χ0v) is 10.0. The summed E-state index contributed by atoms with van der Waals surface area (Å²) in [5.74, 6) is -0.331. The predicted molar refractivity (Wildman–Crippen MR) is 63.6 cm³/mol. The first-order chi connectivity index (χ1) is 8.83. The maximum absolute atomic E-state index is 12.0. The maximum atomic E-state index is 12.0. The highest BCUT2D eigenvalue weighted by atomic mass is 35.5. The van der Waals surface area contributed by atoms with Crippen molar-refractivity contribution in [3.05, 3.63) is 35.5 Å². The van der Waals surface area contributed by atoms with Gasteiger partial charge in [-0.1, -0.05) is 11.6 Å². The Morgan fingerprint density at radius 2 is 1.74 bits per heavy atom. The summed E-state index contributed by atoms with van der Waals surface area (Å²) in [5.41, 5.74) is 6.39. The molecule has 0 aliphatic carbocycles. The van der Waals surface area contributed by atoms with E-state index in [1.54, 1.807) is 0 Å². The largest absolute Gasteiger partial charge is 0.573 e. The van der Waals surface area contributed by atoms with Crippen LogP contribution in [-0.4, -0.2) is 16.3 Å². The van der Waals surface area contributed by atoms with Crippen molar-refractivity contribution in [1.29, 1.82) is 0 Å². The second-order valence-corrected chi connectivity index (χ2v) is 3.89. The molecule has 8 heteroatoms. The van der Waals surface area contributed by atoms with E-state index >= 15 is 0 Å². The van der Waals surface area contributed by atoms with Gasteiger partial charge in [0.2, 0.25) is 5.95 Å². The van der Waals surface area contributed by atoms with Crippen LogP contribution in [0.15, 0.2) is 30.3 Å². The van der Waals surface area contributed by atoms with Crippen molar-refractivity contribution in [2.45, 2.75) is 6.36 Å². The molecule has 0 amide bonds. The maximum Gasteiger partial charge on any atom is 0.573 e. The highest BCUT2D eigenvalue weighted by molar-refractivity contribution is 6.29. The number of alkyl halides is 3. The molecule has 0 radical (unpaired) electrons. The molecule has 2 aromatic rings. The molecule has 2 N–H and O–H groups in total. The lowest BCUT2D eigenvalue weighted by molar-refractivity contribution is -0.274. The second-order valence-electron chi connectivity index (χ2n) is 3.51. The minimum absolute atomic E-state index is 0.0156. The van der Waals surface area contributed by atoms with Gasteiger partial charge in [0.1, 0.15) is 10.9 Å². The Hall–Kier alpha value is -2.02. The monoisotopic (exact) mass is 289 g/mol. The van der Waals surface area contributed by atoms with Crippen LogP contribution in [0.1, 0.15) is 0 Å². The van der Waals surface area contributed by atoms with Crippen molar-refractivity contribution in [2.24, 2.45) is 0 Å². The van der Waals surface area contributed by atoms with Crippen LogP contribution < -0.4 is 10.5 Å². The van der Waals surface area contributed by atoms with E-state index in [4.69, 9.17) is 17.3 Å². The molecule has 0 fully saturated rings. The average Bonchev–Trinajstić information content (AvgIpc) is 2.26. The van der Waals surface area contributed by atoms with E-state index in [1.165, 1.54) is 30.3 Å². The van der Waals surface area contributed by atoms with Gasteiger partial charge in [-0.3, -0.25) is 0 Å². The minimum Gasteiger partial charge on any atom is -0.406 e. The molecule has 2 rings (SSSR count). The minimum atomic E-state index is -4.72. The first-order valence-corrected chi connectivity index (χ1v) is 5.37. The Labute approximate surface area is 111 Å². The number of aromatic nitrogens is 2. The number of nitrogens with zero attached hydrogens (tertiary/aromatic N) is 2. The van der Waals surface area contributed by atoms with Gasteiger partial charge < -0.3 is 10.5 Å². The Kier molecular flexibility index (Phi) is 3.48. The number of rotatable bonds is 2. The van der Waals surface area contributed by atoms with Crippen molar-refractivity contribution < 1.29 is 17.9 Å². The molecule has 0 bridgehead atoms. The van der Waals surface area contributed by atoms with E-state index in [9.17, 15) is 13.2 Å². The van der Waals surface area contributed by atoms with Crippen LogP contribution in [0.2, 0.25) is 5.15 Å². The van der Waals surface area contributed by atoms with Gasteiger partial charge in [-0.25, -0.2) is 9.97 Å². The highest BCUT2D eigenvalue weighted by Gasteiger charge is 2.30. The quantitative estimate of drug-likeness (QED) is 0.862. The third-order valence-corrected chi connectivity index (χ3v) is 2.29. The summed E-state index contributed by atoms with van der Waals surface area (Å²) < 4.78 is 39.7. The van der Waals surface area contributed by atoms with Crippen molar-refractivity contribution in [2.75, 3.05) is 5.73 Å². The summed E-state index contributed by atoms with van der Waals surface area (Å²) in [5, 5.41) is 0.151. The Morgan fingerprint density at radius 3 is 2.26 bits per heavy atom. The van der Waals surface area contributed by atoms with E-state index in [0.717, 1.165) is 0 Å². The molecule has 1 aromatic heterocycles. The van der Waals surface area contributed by atoms with Crippen LogP contribution in [0, 0.1) is 0 Å². The van der Waals surface area contributed by atoms with Gasteiger partial charge in [-0.2, -0.15) is 0 Å². The summed E-state index contributed by atoms with van der Waals surface area (Å²) in [4.78, 5) is 7.61. The molecule has 1 heterocycles. The first kappa shape index (κ1) is 13.4. The molecule has 0 spiro atoms. The van der Waals surface area contributed by atoms with E-state index in [0.29, 0.717) is 11.3 Å². The lowest BCUT2D eigenvalue weighted by Gasteiger charge is -2.09. The number of benzene rings is 1. The van der Waals surface area contributed by atoms with Crippen molar-refractivity contribution in [3.8, 4) is 17.0 Å². The summed E-state index contributed by atoms with van der Waals surface area (Å²) in [7, 11) is 0. The fraction of sp³-hybridized carbons (Fsp3) is 0.0909. The molecule has 0 aliphatic heterocycles. The van der Waals surface area contributed by atoms with E-state index in [-0.39, 0.29) is 16.9 Å². The SMILES string of the molecule is Nc1nc(Cl)cc(-c2ccc(OC(F)(F)F)cc2)n1. The normalized spacial score (nSPS) is 11.4. The third-order valence-electron chi connectivity index (χ3n) is 2.10. The van der Waals surface area contributed by atoms with E-state index in [1.807, 2.05) is 0 Å². The van der Waals surface area contributed by atoms with Crippen LogP contribution >= 0.6 is 11.6 Å². The zero-order chi connectivity index (χ0) is 14.0. The highest BCUT2D eigenvalue weighted by Crippen LogP contribution is 2.26. The lowest BCUT2D eigenvalue weighted by atomic mass is 10.1. The molecular weight excluding hydrogens is 283 g/mol. The zero-order valence-electron chi connectivity index (χ0n) is 9.28. The fourth-order valence-electron chi connectivity index (χ4n) is 1.41. The summed E-state index contributed by atoms with van der Waals surface area (Å²) >= 11 is 5.71. The number of nitrogens with two attached hydrogens (primary N) is 1. The standard InChI is InChI=1S/C11H7ClF3N3O/c12-9-5-8(17-10(16)18-9)6-1-3-7(4-2-6)19-11(13,14)15/h1-5H,(H2,16,17,18). The Bertz CT molecular complexity index is 566. The van der Waals surface area contributed by atoms with Gasteiger partial charge in [-0.15, -0.1) is 13.2 Å². The van der Waals surface area contributed by atoms with Crippen LogP contribution in [0.4, 0.5) is 19.1 Å². The summed E-state index contributed by atoms with van der Waals surface area (Å²) in [6, 6.07) is 6.64. The van der Waals surface area contributed by atoms with Crippen LogP contribution in [0.25, 0.3) is 11.3 Å². The van der Waals surface area contributed by atoms with Crippen LogP contribution in [-0.2, 0) is 0 Å². The van der Waals surface area contributed by atoms with Gasteiger partial charge in [0.15, 0.2) is 0 Å². The van der Waals surface area contributed by atoms with Gasteiger partial charge in [-0.05, 0) is 24.3 Å². The first-order valence-electron chi connectivity index (χ1n) is 5.00. The van der Waals surface area contributed by atoms with E-state index < -0.39 is 6.36 Å². The van der Waals surface area contributed by atoms with Crippen LogP contribution in [0.3, 0.4) is 0 Å². The van der Waals surface area contributed by atoms with Gasteiger partial charge in [0.25, 0.3) is 0 Å². The molecule has 1 aromatic carbocycles. The molecule has 4 nitrogen and oxygen atoms in total. The number of anilines is 1. The molecular formula is C11H7ClF3N3O. The lowest BCUT2D eigenvalue weighted by Crippen LogP contribution is -2.16. The Balaban J connectivity index is 2.27. The predicted octanol–water partition coefficient (Wildman–Crippen LogP) is 3.28.